The summed E-state index contributed by atoms with van der Waals surface area (Å²) in [6.07, 6.45) is -2.95. The third-order valence-electron chi connectivity index (χ3n) is 2.13. The molecule has 2 heterocycles. The van der Waals surface area contributed by atoms with Gasteiger partial charge in [0.05, 0.1) is 5.52 Å². The first-order valence-electron chi connectivity index (χ1n) is 4.26. The largest absolute Gasteiger partial charge is 0.449 e. The van der Waals surface area contributed by atoms with E-state index in [1.165, 1.54) is 13.2 Å². The van der Waals surface area contributed by atoms with Crippen LogP contribution in [0.5, 0.6) is 0 Å². The molecule has 2 rings (SSSR count). The minimum atomic E-state index is -4.44. The van der Waals surface area contributed by atoms with Crippen LogP contribution in [0, 0.1) is 6.92 Å². The molecule has 0 unspecified atom stereocenters. The lowest BCUT2D eigenvalue weighted by Crippen LogP contribution is -2.12. The second-order valence-electron chi connectivity index (χ2n) is 3.35. The number of hydrogen-bond acceptors (Lipinski definition) is 2. The molecule has 0 aliphatic heterocycles. The molecule has 2 aromatic rings. The second kappa shape index (κ2) is 2.95. The number of imidazole rings is 1. The van der Waals surface area contributed by atoms with Gasteiger partial charge in [-0.25, -0.2) is 9.97 Å². The van der Waals surface area contributed by atoms with Crippen LogP contribution in [-0.4, -0.2) is 14.5 Å². The van der Waals surface area contributed by atoms with Crippen molar-refractivity contribution >= 4 is 11.2 Å². The summed E-state index contributed by atoms with van der Waals surface area (Å²) in [6, 6.07) is 1.63. The van der Waals surface area contributed by atoms with Crippen LogP contribution >= 0.6 is 0 Å². The molecule has 0 aliphatic carbocycles. The van der Waals surface area contributed by atoms with E-state index in [9.17, 15) is 13.2 Å². The molecular weight excluding hydrogens is 207 g/mol. The Labute approximate surface area is 83.6 Å². The normalized spacial score (nSPS) is 12.3. The Bertz CT molecular complexity index is 513. The first-order chi connectivity index (χ1) is 6.89. The van der Waals surface area contributed by atoms with E-state index in [0.29, 0.717) is 5.52 Å². The molecule has 0 amide bonds. The van der Waals surface area contributed by atoms with Gasteiger partial charge in [0.15, 0.2) is 5.65 Å². The lowest BCUT2D eigenvalue weighted by molar-refractivity contribution is -0.146. The van der Waals surface area contributed by atoms with Crippen LogP contribution in [0.25, 0.3) is 11.2 Å². The molecule has 0 radical (unpaired) electrons. The van der Waals surface area contributed by atoms with Crippen LogP contribution in [0.3, 0.4) is 0 Å². The predicted molar refractivity (Wildman–Crippen MR) is 48.2 cm³/mol. The van der Waals surface area contributed by atoms with Gasteiger partial charge in [-0.15, -0.1) is 0 Å². The van der Waals surface area contributed by atoms with Gasteiger partial charge in [-0.2, -0.15) is 13.2 Å². The van der Waals surface area contributed by atoms with Crippen molar-refractivity contribution in [2.75, 3.05) is 0 Å². The number of aryl methyl sites for hydroxylation is 2. The van der Waals surface area contributed by atoms with Crippen molar-refractivity contribution in [2.45, 2.75) is 13.1 Å². The number of fused-ring (bicyclic) bond motifs is 1. The summed E-state index contributed by atoms with van der Waals surface area (Å²) in [5.74, 6) is -0.921. The summed E-state index contributed by atoms with van der Waals surface area (Å²) < 4.78 is 38.4. The number of hydrogen-bond donors (Lipinski definition) is 0. The molecule has 0 spiro atoms. The molecule has 0 fully saturated rings. The van der Waals surface area contributed by atoms with Gasteiger partial charge < -0.3 is 4.57 Å². The lowest BCUT2D eigenvalue weighted by atomic mass is 10.3. The van der Waals surface area contributed by atoms with Crippen molar-refractivity contribution in [1.29, 1.82) is 0 Å². The summed E-state index contributed by atoms with van der Waals surface area (Å²) >= 11 is 0. The van der Waals surface area contributed by atoms with Crippen LogP contribution < -0.4 is 0 Å². The van der Waals surface area contributed by atoms with Gasteiger partial charge in [-0.3, -0.25) is 0 Å². The fraction of sp³-hybridized carbons (Fsp3) is 0.333. The van der Waals surface area contributed by atoms with Crippen molar-refractivity contribution in [2.24, 2.45) is 7.05 Å². The summed E-state index contributed by atoms with van der Waals surface area (Å²) in [5, 5.41) is 0. The molecule has 3 nitrogen and oxygen atoms in total. The zero-order valence-corrected chi connectivity index (χ0v) is 8.13. The van der Waals surface area contributed by atoms with E-state index < -0.39 is 12.0 Å². The van der Waals surface area contributed by atoms with Crippen molar-refractivity contribution < 1.29 is 13.2 Å². The Kier molecular flexibility index (Phi) is 1.95. The van der Waals surface area contributed by atoms with E-state index in [1.54, 1.807) is 13.0 Å². The molecule has 0 atom stereocenters. The minimum absolute atomic E-state index is 0.121. The fourth-order valence-corrected chi connectivity index (χ4v) is 1.42. The molecule has 0 saturated carbocycles. The van der Waals surface area contributed by atoms with Crippen molar-refractivity contribution in [3.8, 4) is 0 Å². The molecule has 15 heavy (non-hydrogen) atoms. The van der Waals surface area contributed by atoms with E-state index in [1.807, 2.05) is 0 Å². The van der Waals surface area contributed by atoms with Crippen LogP contribution in [-0.2, 0) is 13.2 Å². The molecule has 0 aromatic carbocycles. The maximum atomic E-state index is 12.5. The molecule has 0 saturated heterocycles. The third-order valence-corrected chi connectivity index (χ3v) is 2.13. The lowest BCUT2D eigenvalue weighted by Gasteiger charge is -2.05. The zero-order valence-electron chi connectivity index (χ0n) is 8.13. The highest BCUT2D eigenvalue weighted by Crippen LogP contribution is 2.30. The SMILES string of the molecule is Cc1cnc2nc(C(F)(F)F)n(C)c2c1. The summed E-state index contributed by atoms with van der Waals surface area (Å²) in [6.45, 7) is 1.77. The van der Waals surface area contributed by atoms with E-state index in [2.05, 4.69) is 9.97 Å². The summed E-state index contributed by atoms with van der Waals surface area (Å²) in [5.41, 5.74) is 1.32. The number of nitrogens with zero attached hydrogens (tertiary/aromatic N) is 3. The maximum Gasteiger partial charge on any atom is 0.449 e. The molecular formula is C9H8F3N3. The molecule has 0 bridgehead atoms. The first kappa shape index (κ1) is 9.95. The van der Waals surface area contributed by atoms with Gasteiger partial charge in [-0.05, 0) is 18.6 Å². The Morgan fingerprint density at radius 1 is 1.33 bits per heavy atom. The maximum absolute atomic E-state index is 12.5. The van der Waals surface area contributed by atoms with Crippen molar-refractivity contribution in [1.82, 2.24) is 14.5 Å². The summed E-state index contributed by atoms with van der Waals surface area (Å²) in [4.78, 5) is 7.30. The highest BCUT2D eigenvalue weighted by Gasteiger charge is 2.36. The minimum Gasteiger partial charge on any atom is -0.322 e. The van der Waals surface area contributed by atoms with Gasteiger partial charge in [0.25, 0.3) is 0 Å². The van der Waals surface area contributed by atoms with Gasteiger partial charge in [0, 0.05) is 13.2 Å². The van der Waals surface area contributed by atoms with E-state index >= 15 is 0 Å². The van der Waals surface area contributed by atoms with Crippen molar-refractivity contribution in [3.05, 3.63) is 23.7 Å². The number of pyridine rings is 1. The van der Waals surface area contributed by atoms with E-state index in [-0.39, 0.29) is 5.65 Å². The molecule has 80 valence electrons. The number of halogens is 3. The molecule has 2 aromatic heterocycles. The van der Waals surface area contributed by atoms with Crippen LogP contribution in [0.2, 0.25) is 0 Å². The topological polar surface area (TPSA) is 30.7 Å². The van der Waals surface area contributed by atoms with Crippen LogP contribution in [0.15, 0.2) is 12.3 Å². The van der Waals surface area contributed by atoms with Crippen LogP contribution in [0.1, 0.15) is 11.4 Å². The summed E-state index contributed by atoms with van der Waals surface area (Å²) in [7, 11) is 1.33. The molecule has 0 N–H and O–H groups in total. The Hall–Kier alpha value is -1.59. The predicted octanol–water partition coefficient (Wildman–Crippen LogP) is 2.30. The standard InChI is InChI=1S/C9H8F3N3/c1-5-3-6-7(13-4-5)14-8(15(6)2)9(10,11)12/h3-4H,1-2H3. The smallest absolute Gasteiger partial charge is 0.322 e. The highest BCUT2D eigenvalue weighted by molar-refractivity contribution is 5.72. The van der Waals surface area contributed by atoms with Gasteiger partial charge in [0.2, 0.25) is 5.82 Å². The first-order valence-corrected chi connectivity index (χ1v) is 4.26. The number of rotatable bonds is 0. The third kappa shape index (κ3) is 1.55. The van der Waals surface area contributed by atoms with Gasteiger partial charge >= 0.3 is 6.18 Å². The van der Waals surface area contributed by atoms with Gasteiger partial charge in [-0.1, -0.05) is 0 Å². The monoisotopic (exact) mass is 215 g/mol. The number of alkyl halides is 3. The molecule has 6 heteroatoms. The fourth-order valence-electron chi connectivity index (χ4n) is 1.42. The van der Waals surface area contributed by atoms with E-state index in [4.69, 9.17) is 0 Å². The Balaban J connectivity index is 2.76. The van der Waals surface area contributed by atoms with E-state index in [0.717, 1.165) is 10.1 Å². The second-order valence-corrected chi connectivity index (χ2v) is 3.35. The quantitative estimate of drug-likeness (QED) is 0.675. The highest BCUT2D eigenvalue weighted by atomic mass is 19.4. The average Bonchev–Trinajstić information content (AvgIpc) is 2.43. The molecule has 0 aliphatic rings. The van der Waals surface area contributed by atoms with Gasteiger partial charge in [0.1, 0.15) is 0 Å². The van der Waals surface area contributed by atoms with Crippen LogP contribution in [0.4, 0.5) is 13.2 Å². The Morgan fingerprint density at radius 3 is 2.60 bits per heavy atom. The average molecular weight is 215 g/mol. The Morgan fingerprint density at radius 2 is 2.00 bits per heavy atom. The van der Waals surface area contributed by atoms with Crippen molar-refractivity contribution in [3.63, 3.8) is 0 Å². The zero-order chi connectivity index (χ0) is 11.2. The number of aromatic nitrogens is 3.